The average molecular weight is 264 g/mol. The van der Waals surface area contributed by atoms with E-state index in [2.05, 4.69) is 15.3 Å². The van der Waals surface area contributed by atoms with Gasteiger partial charge in [-0.1, -0.05) is 23.7 Å². The van der Waals surface area contributed by atoms with Gasteiger partial charge < -0.3 is 10.1 Å². The quantitative estimate of drug-likeness (QED) is 0.914. The zero-order valence-electron chi connectivity index (χ0n) is 10.3. The van der Waals surface area contributed by atoms with Crippen LogP contribution in [-0.2, 0) is 0 Å². The molecule has 1 aromatic carbocycles. The lowest BCUT2D eigenvalue weighted by molar-refractivity contribution is 0.462. The molecule has 5 heteroatoms. The number of nitrogens with zero attached hydrogens (tertiary/aromatic N) is 2. The van der Waals surface area contributed by atoms with E-state index in [1.54, 1.807) is 0 Å². The van der Waals surface area contributed by atoms with Crippen molar-refractivity contribution in [3.8, 4) is 11.6 Å². The van der Waals surface area contributed by atoms with Gasteiger partial charge in [0, 0.05) is 6.54 Å². The van der Waals surface area contributed by atoms with Gasteiger partial charge in [-0.3, -0.25) is 0 Å². The molecule has 0 saturated heterocycles. The van der Waals surface area contributed by atoms with Gasteiger partial charge in [0.05, 0.1) is 6.20 Å². The second kappa shape index (κ2) is 5.69. The van der Waals surface area contributed by atoms with Gasteiger partial charge in [0.2, 0.25) is 11.8 Å². The van der Waals surface area contributed by atoms with Crippen molar-refractivity contribution >= 4 is 17.5 Å². The van der Waals surface area contributed by atoms with Crippen LogP contribution < -0.4 is 10.1 Å². The predicted molar refractivity (Wildman–Crippen MR) is 72.5 cm³/mol. The molecule has 0 bridgehead atoms. The maximum Gasteiger partial charge on any atom is 0.243 e. The normalized spacial score (nSPS) is 10.2. The van der Waals surface area contributed by atoms with Gasteiger partial charge in [-0.05, 0) is 31.5 Å². The fraction of sp³-hybridized carbons (Fsp3) is 0.231. The van der Waals surface area contributed by atoms with E-state index in [0.29, 0.717) is 22.6 Å². The number of nitrogens with one attached hydrogen (secondary N) is 1. The van der Waals surface area contributed by atoms with Crippen LogP contribution >= 0.6 is 11.6 Å². The molecule has 0 aliphatic rings. The minimum absolute atomic E-state index is 0.355. The summed E-state index contributed by atoms with van der Waals surface area (Å²) in [7, 11) is 0. The zero-order chi connectivity index (χ0) is 13.0. The molecule has 1 heterocycles. The first-order valence-electron chi connectivity index (χ1n) is 5.70. The highest BCUT2D eigenvalue weighted by molar-refractivity contribution is 6.31. The molecule has 0 fully saturated rings. The first kappa shape index (κ1) is 12.6. The van der Waals surface area contributed by atoms with Crippen LogP contribution in [0.3, 0.4) is 0 Å². The SMILES string of the molecule is CCNc1ncc(Cl)c(Oc2cccc(C)c2)n1. The lowest BCUT2D eigenvalue weighted by Gasteiger charge is -2.08. The summed E-state index contributed by atoms with van der Waals surface area (Å²) in [5.74, 6) is 1.57. The summed E-state index contributed by atoms with van der Waals surface area (Å²) in [4.78, 5) is 8.26. The van der Waals surface area contributed by atoms with E-state index in [1.807, 2.05) is 38.1 Å². The Bertz CT molecular complexity index is 546. The smallest absolute Gasteiger partial charge is 0.243 e. The molecule has 0 aliphatic heterocycles. The summed E-state index contributed by atoms with van der Waals surface area (Å²) in [6.45, 7) is 4.71. The van der Waals surface area contributed by atoms with Crippen molar-refractivity contribution in [2.45, 2.75) is 13.8 Å². The molecule has 4 nitrogen and oxygen atoms in total. The largest absolute Gasteiger partial charge is 0.437 e. The molecule has 18 heavy (non-hydrogen) atoms. The standard InChI is InChI=1S/C13H14ClN3O/c1-3-15-13-16-8-11(14)12(17-13)18-10-6-4-5-9(2)7-10/h4-8H,3H2,1-2H3,(H,15,16,17). The third-order valence-electron chi connectivity index (χ3n) is 2.25. The molecule has 0 unspecified atom stereocenters. The van der Waals surface area contributed by atoms with Crippen molar-refractivity contribution in [3.63, 3.8) is 0 Å². The first-order valence-corrected chi connectivity index (χ1v) is 6.07. The van der Waals surface area contributed by atoms with Crippen LogP contribution in [-0.4, -0.2) is 16.5 Å². The highest BCUT2D eigenvalue weighted by Gasteiger charge is 2.07. The van der Waals surface area contributed by atoms with Crippen LogP contribution in [0.15, 0.2) is 30.5 Å². The van der Waals surface area contributed by atoms with E-state index in [1.165, 1.54) is 6.20 Å². The molecule has 0 radical (unpaired) electrons. The number of anilines is 1. The zero-order valence-corrected chi connectivity index (χ0v) is 11.0. The number of benzene rings is 1. The van der Waals surface area contributed by atoms with Gasteiger partial charge in [-0.25, -0.2) is 4.98 Å². The average Bonchev–Trinajstić information content (AvgIpc) is 2.34. The van der Waals surface area contributed by atoms with Gasteiger partial charge in [0.1, 0.15) is 10.8 Å². The Morgan fingerprint density at radius 3 is 2.94 bits per heavy atom. The molecule has 1 aromatic heterocycles. The van der Waals surface area contributed by atoms with Crippen LogP contribution in [0.5, 0.6) is 11.6 Å². The lowest BCUT2D eigenvalue weighted by Crippen LogP contribution is -2.02. The van der Waals surface area contributed by atoms with Gasteiger partial charge in [-0.15, -0.1) is 0 Å². The molecule has 0 aliphatic carbocycles. The Balaban J connectivity index is 2.25. The molecular formula is C13H14ClN3O. The minimum Gasteiger partial charge on any atom is -0.437 e. The number of halogens is 1. The third kappa shape index (κ3) is 3.11. The highest BCUT2D eigenvalue weighted by Crippen LogP contribution is 2.27. The summed E-state index contributed by atoms with van der Waals surface area (Å²) in [5, 5.41) is 3.40. The number of ether oxygens (including phenoxy) is 1. The molecular weight excluding hydrogens is 250 g/mol. The van der Waals surface area contributed by atoms with Crippen molar-refractivity contribution in [2.24, 2.45) is 0 Å². The van der Waals surface area contributed by atoms with E-state index in [0.717, 1.165) is 12.1 Å². The molecule has 0 atom stereocenters. The highest BCUT2D eigenvalue weighted by atomic mass is 35.5. The van der Waals surface area contributed by atoms with Crippen LogP contribution in [0, 0.1) is 6.92 Å². The summed E-state index contributed by atoms with van der Waals surface area (Å²) in [6.07, 6.45) is 1.53. The summed E-state index contributed by atoms with van der Waals surface area (Å²) in [5.41, 5.74) is 1.12. The van der Waals surface area contributed by atoms with E-state index in [9.17, 15) is 0 Å². The molecule has 0 amide bonds. The van der Waals surface area contributed by atoms with Crippen LogP contribution in [0.25, 0.3) is 0 Å². The van der Waals surface area contributed by atoms with Crippen LogP contribution in [0.1, 0.15) is 12.5 Å². The van der Waals surface area contributed by atoms with Gasteiger partial charge >= 0.3 is 0 Å². The Morgan fingerprint density at radius 1 is 1.39 bits per heavy atom. The van der Waals surface area contributed by atoms with Crippen LogP contribution in [0.4, 0.5) is 5.95 Å². The van der Waals surface area contributed by atoms with Gasteiger partial charge in [-0.2, -0.15) is 4.98 Å². The monoisotopic (exact) mass is 263 g/mol. The van der Waals surface area contributed by atoms with Crippen molar-refractivity contribution in [3.05, 3.63) is 41.0 Å². The lowest BCUT2D eigenvalue weighted by atomic mass is 10.2. The molecule has 2 aromatic rings. The molecule has 0 saturated carbocycles. The third-order valence-corrected chi connectivity index (χ3v) is 2.51. The Labute approximate surface area is 111 Å². The van der Waals surface area contributed by atoms with E-state index in [4.69, 9.17) is 16.3 Å². The fourth-order valence-corrected chi connectivity index (χ4v) is 1.59. The van der Waals surface area contributed by atoms with Crippen molar-refractivity contribution in [1.29, 1.82) is 0 Å². The number of hydrogen-bond donors (Lipinski definition) is 1. The minimum atomic E-state index is 0.355. The second-order valence-corrected chi connectivity index (χ2v) is 4.20. The van der Waals surface area contributed by atoms with Gasteiger partial charge in [0.25, 0.3) is 0 Å². The van der Waals surface area contributed by atoms with Crippen molar-refractivity contribution < 1.29 is 4.74 Å². The number of aryl methyl sites for hydroxylation is 1. The molecule has 0 spiro atoms. The Kier molecular flexibility index (Phi) is 3.99. The number of rotatable bonds is 4. The number of hydrogen-bond acceptors (Lipinski definition) is 4. The maximum absolute atomic E-state index is 6.01. The molecule has 94 valence electrons. The van der Waals surface area contributed by atoms with Crippen molar-refractivity contribution in [2.75, 3.05) is 11.9 Å². The summed E-state index contributed by atoms with van der Waals surface area (Å²) < 4.78 is 5.65. The Hall–Kier alpha value is -1.81. The first-order chi connectivity index (χ1) is 8.69. The van der Waals surface area contributed by atoms with E-state index < -0.39 is 0 Å². The summed E-state index contributed by atoms with van der Waals surface area (Å²) >= 11 is 6.01. The number of aromatic nitrogens is 2. The van der Waals surface area contributed by atoms with Gasteiger partial charge in [0.15, 0.2) is 0 Å². The molecule has 1 N–H and O–H groups in total. The van der Waals surface area contributed by atoms with E-state index >= 15 is 0 Å². The summed E-state index contributed by atoms with van der Waals surface area (Å²) in [6, 6.07) is 7.70. The fourth-order valence-electron chi connectivity index (χ4n) is 1.46. The Morgan fingerprint density at radius 2 is 2.22 bits per heavy atom. The van der Waals surface area contributed by atoms with Crippen molar-refractivity contribution in [1.82, 2.24) is 9.97 Å². The predicted octanol–water partition coefficient (Wildman–Crippen LogP) is 3.66. The van der Waals surface area contributed by atoms with E-state index in [-0.39, 0.29) is 0 Å². The second-order valence-electron chi connectivity index (χ2n) is 3.80. The van der Waals surface area contributed by atoms with Crippen LogP contribution in [0.2, 0.25) is 5.02 Å². The topological polar surface area (TPSA) is 47.0 Å². The maximum atomic E-state index is 6.01. The molecule has 2 rings (SSSR count).